The summed E-state index contributed by atoms with van der Waals surface area (Å²) in [6, 6.07) is 5.94. The molecule has 0 saturated carbocycles. The molecule has 0 aromatic carbocycles. The molecular formula is C14H17N5O3. The lowest BCUT2D eigenvalue weighted by molar-refractivity contribution is 0.0838. The van der Waals surface area contributed by atoms with E-state index in [9.17, 15) is 14.4 Å². The molecule has 2 aromatic heterocycles. The van der Waals surface area contributed by atoms with Gasteiger partial charge in [-0.1, -0.05) is 6.92 Å². The van der Waals surface area contributed by atoms with Crippen LogP contribution in [0.3, 0.4) is 0 Å². The molecule has 0 radical (unpaired) electrons. The van der Waals surface area contributed by atoms with Gasteiger partial charge in [0.15, 0.2) is 5.69 Å². The van der Waals surface area contributed by atoms with Crippen LogP contribution < -0.4 is 16.4 Å². The van der Waals surface area contributed by atoms with E-state index in [0.29, 0.717) is 12.2 Å². The zero-order valence-corrected chi connectivity index (χ0v) is 12.4. The largest absolute Gasteiger partial charge is 0.347 e. The van der Waals surface area contributed by atoms with E-state index < -0.39 is 11.8 Å². The smallest absolute Gasteiger partial charge is 0.290 e. The van der Waals surface area contributed by atoms with Crippen molar-refractivity contribution in [2.24, 2.45) is 7.05 Å². The Morgan fingerprint density at radius 2 is 1.91 bits per heavy atom. The van der Waals surface area contributed by atoms with Gasteiger partial charge in [-0.2, -0.15) is 5.10 Å². The minimum absolute atomic E-state index is 0.0558. The number of hydrogen-bond acceptors (Lipinski definition) is 4. The highest BCUT2D eigenvalue weighted by Crippen LogP contribution is 1.98. The van der Waals surface area contributed by atoms with Crippen molar-refractivity contribution in [2.45, 2.75) is 19.9 Å². The number of carbonyl (C=O) groups is 2. The number of hydrogen-bond donors (Lipinski definition) is 2. The normalized spacial score (nSPS) is 10.3. The van der Waals surface area contributed by atoms with Gasteiger partial charge in [-0.25, -0.2) is 4.68 Å². The van der Waals surface area contributed by atoms with Gasteiger partial charge in [0.2, 0.25) is 0 Å². The summed E-state index contributed by atoms with van der Waals surface area (Å²) in [6.07, 6.45) is 2.45. The lowest BCUT2D eigenvalue weighted by atomic mass is 10.3. The van der Waals surface area contributed by atoms with E-state index in [1.165, 1.54) is 16.8 Å². The van der Waals surface area contributed by atoms with Gasteiger partial charge in [0.25, 0.3) is 17.4 Å². The highest BCUT2D eigenvalue weighted by molar-refractivity contribution is 5.97. The predicted molar refractivity (Wildman–Crippen MR) is 79.1 cm³/mol. The maximum Gasteiger partial charge on any atom is 0.290 e. The second-order valence-corrected chi connectivity index (χ2v) is 4.69. The third-order valence-electron chi connectivity index (χ3n) is 3.00. The Bertz CT molecular complexity index is 747. The van der Waals surface area contributed by atoms with Crippen LogP contribution in [0.4, 0.5) is 0 Å². The van der Waals surface area contributed by atoms with Crippen LogP contribution in [0.2, 0.25) is 0 Å². The van der Waals surface area contributed by atoms with Crippen molar-refractivity contribution in [3.8, 4) is 0 Å². The second kappa shape index (κ2) is 6.70. The third-order valence-corrected chi connectivity index (χ3v) is 3.00. The van der Waals surface area contributed by atoms with Crippen LogP contribution in [0.5, 0.6) is 0 Å². The summed E-state index contributed by atoms with van der Waals surface area (Å²) in [4.78, 5) is 35.4. The van der Waals surface area contributed by atoms with E-state index in [4.69, 9.17) is 0 Å². The van der Waals surface area contributed by atoms with Crippen LogP contribution in [0, 0.1) is 0 Å². The van der Waals surface area contributed by atoms with Crippen molar-refractivity contribution in [2.75, 3.05) is 0 Å². The summed E-state index contributed by atoms with van der Waals surface area (Å²) in [5.74, 6) is -1.03. The molecular weight excluding hydrogens is 286 g/mol. The second-order valence-electron chi connectivity index (χ2n) is 4.69. The van der Waals surface area contributed by atoms with Crippen LogP contribution in [-0.4, -0.2) is 26.2 Å². The lowest BCUT2D eigenvalue weighted by Gasteiger charge is -2.08. The molecule has 8 heteroatoms. The molecule has 0 aliphatic carbocycles. The van der Waals surface area contributed by atoms with Gasteiger partial charge >= 0.3 is 0 Å². The molecule has 0 fully saturated rings. The number of hydrazine groups is 1. The number of nitrogens with one attached hydrogen (secondary N) is 2. The zero-order chi connectivity index (χ0) is 16.1. The predicted octanol–water partition coefficient (Wildman–Crippen LogP) is 0.0666. The molecule has 2 rings (SSSR count). The molecule has 22 heavy (non-hydrogen) atoms. The number of amides is 2. The summed E-state index contributed by atoms with van der Waals surface area (Å²) in [5.41, 5.74) is 4.77. The minimum Gasteiger partial charge on any atom is -0.347 e. The summed E-state index contributed by atoms with van der Waals surface area (Å²) < 4.78 is 2.84. The highest BCUT2D eigenvalue weighted by atomic mass is 16.2. The summed E-state index contributed by atoms with van der Waals surface area (Å²) in [6.45, 7) is 2.33. The molecule has 2 N–H and O–H groups in total. The Morgan fingerprint density at radius 3 is 2.55 bits per heavy atom. The highest BCUT2D eigenvalue weighted by Gasteiger charge is 2.13. The number of carbonyl (C=O) groups excluding carboxylic acids is 2. The monoisotopic (exact) mass is 303 g/mol. The molecule has 0 bridgehead atoms. The Balaban J connectivity index is 2.04. The van der Waals surface area contributed by atoms with Gasteiger partial charge in [-0.3, -0.25) is 25.2 Å². The molecule has 0 spiro atoms. The number of nitrogens with zero attached hydrogens (tertiary/aromatic N) is 3. The van der Waals surface area contributed by atoms with Gasteiger partial charge in [-0.15, -0.1) is 0 Å². The number of aromatic nitrogens is 3. The summed E-state index contributed by atoms with van der Waals surface area (Å²) in [5, 5.41) is 3.96. The van der Waals surface area contributed by atoms with Crippen LogP contribution >= 0.6 is 0 Å². The summed E-state index contributed by atoms with van der Waals surface area (Å²) in [7, 11) is 1.72. The molecule has 0 aliphatic heterocycles. The van der Waals surface area contributed by atoms with Crippen LogP contribution in [0.15, 0.2) is 35.3 Å². The maximum absolute atomic E-state index is 12.0. The molecule has 2 heterocycles. The number of rotatable bonds is 4. The van der Waals surface area contributed by atoms with Crippen molar-refractivity contribution in [1.29, 1.82) is 0 Å². The fourth-order valence-electron chi connectivity index (χ4n) is 1.88. The van der Waals surface area contributed by atoms with Crippen LogP contribution in [-0.2, 0) is 13.6 Å². The van der Waals surface area contributed by atoms with Gasteiger partial charge in [0.1, 0.15) is 5.69 Å². The summed E-state index contributed by atoms with van der Waals surface area (Å²) >= 11 is 0. The van der Waals surface area contributed by atoms with Gasteiger partial charge in [-0.05, 0) is 24.6 Å². The Morgan fingerprint density at radius 1 is 1.18 bits per heavy atom. The van der Waals surface area contributed by atoms with Crippen molar-refractivity contribution in [3.63, 3.8) is 0 Å². The SMILES string of the molecule is CCCn1nc(C(=O)NNC(=O)c2cccn2C)ccc1=O. The minimum atomic E-state index is -0.590. The molecule has 0 atom stereocenters. The first-order valence-corrected chi connectivity index (χ1v) is 6.83. The van der Waals surface area contributed by atoms with Gasteiger partial charge in [0, 0.05) is 25.9 Å². The van der Waals surface area contributed by atoms with Crippen LogP contribution in [0.25, 0.3) is 0 Å². The van der Waals surface area contributed by atoms with Gasteiger partial charge in [0.05, 0.1) is 0 Å². The Labute approximate surface area is 126 Å². The lowest BCUT2D eigenvalue weighted by Crippen LogP contribution is -2.43. The fraction of sp³-hybridized carbons (Fsp3) is 0.286. The van der Waals surface area contributed by atoms with E-state index >= 15 is 0 Å². The van der Waals surface area contributed by atoms with Crippen molar-refractivity contribution in [1.82, 2.24) is 25.2 Å². The maximum atomic E-state index is 12.0. The molecule has 116 valence electrons. The van der Waals surface area contributed by atoms with E-state index in [1.54, 1.807) is 29.9 Å². The zero-order valence-electron chi connectivity index (χ0n) is 12.4. The Hall–Kier alpha value is -2.90. The van der Waals surface area contributed by atoms with E-state index in [-0.39, 0.29) is 11.3 Å². The average Bonchev–Trinajstić information content (AvgIpc) is 2.93. The molecule has 2 aromatic rings. The standard InChI is InChI=1S/C14H17N5O3/c1-3-8-19-12(20)7-6-10(17-19)13(21)15-16-14(22)11-5-4-9-18(11)2/h4-7,9H,3,8H2,1-2H3,(H,15,21)(H,16,22). The molecule has 8 nitrogen and oxygen atoms in total. The molecule has 0 unspecified atom stereocenters. The van der Waals surface area contributed by atoms with Crippen molar-refractivity contribution < 1.29 is 9.59 Å². The Kier molecular flexibility index (Phi) is 4.72. The molecule has 2 amide bonds. The fourth-order valence-corrected chi connectivity index (χ4v) is 1.88. The molecule has 0 saturated heterocycles. The van der Waals surface area contributed by atoms with Crippen LogP contribution in [0.1, 0.15) is 34.3 Å². The first-order chi connectivity index (χ1) is 10.5. The first-order valence-electron chi connectivity index (χ1n) is 6.83. The number of aryl methyl sites for hydroxylation is 2. The van der Waals surface area contributed by atoms with Crippen molar-refractivity contribution in [3.05, 3.63) is 52.2 Å². The third kappa shape index (κ3) is 3.40. The van der Waals surface area contributed by atoms with E-state index in [1.807, 2.05) is 6.92 Å². The van der Waals surface area contributed by atoms with E-state index in [2.05, 4.69) is 16.0 Å². The first kappa shape index (κ1) is 15.5. The topological polar surface area (TPSA) is 98.0 Å². The average molecular weight is 303 g/mol. The molecule has 0 aliphatic rings. The van der Waals surface area contributed by atoms with Crippen molar-refractivity contribution >= 4 is 11.8 Å². The van der Waals surface area contributed by atoms with E-state index in [0.717, 1.165) is 6.42 Å². The quantitative estimate of drug-likeness (QED) is 0.781. The van der Waals surface area contributed by atoms with Gasteiger partial charge < -0.3 is 4.57 Å².